The van der Waals surface area contributed by atoms with Crippen LogP contribution in [0.5, 0.6) is 0 Å². The van der Waals surface area contributed by atoms with Crippen LogP contribution < -0.4 is 5.32 Å². The first-order valence-corrected chi connectivity index (χ1v) is 5.39. The van der Waals surface area contributed by atoms with E-state index in [9.17, 15) is 4.79 Å². The van der Waals surface area contributed by atoms with E-state index in [4.69, 9.17) is 5.11 Å². The van der Waals surface area contributed by atoms with Gasteiger partial charge in [-0.1, -0.05) is 0 Å². The average molecular weight is 189 g/mol. The van der Waals surface area contributed by atoms with Crippen molar-refractivity contribution in [3.8, 4) is 0 Å². The van der Waals surface area contributed by atoms with Crippen molar-refractivity contribution in [2.24, 2.45) is 0 Å². The van der Waals surface area contributed by atoms with E-state index >= 15 is 0 Å². The molecule has 0 atom stereocenters. The Bertz CT molecular complexity index is 168. The van der Waals surface area contributed by atoms with E-state index in [1.165, 1.54) is 12.8 Å². The number of carboxylic acid groups (broad SMARTS) is 1. The number of nitrogens with one attached hydrogen (secondary N) is 1. The number of carbonyl (C=O) groups is 1. The van der Waals surface area contributed by atoms with Crippen molar-refractivity contribution >= 4 is 17.7 Å². The van der Waals surface area contributed by atoms with Gasteiger partial charge in [0, 0.05) is 17.8 Å². The van der Waals surface area contributed by atoms with E-state index in [0.717, 1.165) is 6.54 Å². The van der Waals surface area contributed by atoms with Crippen LogP contribution in [0.3, 0.4) is 0 Å². The summed E-state index contributed by atoms with van der Waals surface area (Å²) in [6, 6.07) is 0. The molecule has 0 radical (unpaired) electrons. The summed E-state index contributed by atoms with van der Waals surface area (Å²) in [5, 5.41) is 11.5. The van der Waals surface area contributed by atoms with Gasteiger partial charge in [-0.3, -0.25) is 4.79 Å². The lowest BCUT2D eigenvalue weighted by Gasteiger charge is -2.11. The first kappa shape index (κ1) is 9.86. The maximum atomic E-state index is 10.2. The smallest absolute Gasteiger partial charge is 0.304 e. The third kappa shape index (κ3) is 3.03. The zero-order valence-electron chi connectivity index (χ0n) is 7.30. The number of hydrogen-bond donors (Lipinski definition) is 2. The number of carboxylic acids is 1. The number of rotatable bonds is 6. The van der Waals surface area contributed by atoms with Gasteiger partial charge in [0.1, 0.15) is 0 Å². The van der Waals surface area contributed by atoms with Crippen molar-refractivity contribution in [1.29, 1.82) is 0 Å². The Kier molecular flexibility index (Phi) is 3.40. The third-order valence-corrected chi connectivity index (χ3v) is 3.62. The molecule has 1 aliphatic carbocycles. The summed E-state index contributed by atoms with van der Waals surface area (Å²) in [5.74, 6) is -0.725. The molecular weight excluding hydrogens is 174 g/mol. The highest BCUT2D eigenvalue weighted by Crippen LogP contribution is 2.46. The minimum absolute atomic E-state index is 0.227. The van der Waals surface area contributed by atoms with Gasteiger partial charge < -0.3 is 10.4 Å². The Morgan fingerprint density at radius 2 is 2.33 bits per heavy atom. The molecule has 0 amide bonds. The highest BCUT2D eigenvalue weighted by molar-refractivity contribution is 8.00. The molecule has 1 fully saturated rings. The van der Waals surface area contributed by atoms with Crippen LogP contribution in [-0.4, -0.2) is 35.2 Å². The highest BCUT2D eigenvalue weighted by atomic mass is 32.2. The number of hydrogen-bond acceptors (Lipinski definition) is 3. The summed E-state index contributed by atoms with van der Waals surface area (Å²) in [4.78, 5) is 10.2. The normalized spacial score (nSPS) is 19.1. The van der Waals surface area contributed by atoms with Crippen LogP contribution in [0.2, 0.25) is 0 Å². The summed E-state index contributed by atoms with van der Waals surface area (Å²) >= 11 is 1.89. The van der Waals surface area contributed by atoms with E-state index in [1.807, 2.05) is 11.8 Å². The zero-order chi connectivity index (χ0) is 9.03. The zero-order valence-corrected chi connectivity index (χ0v) is 8.12. The summed E-state index contributed by atoms with van der Waals surface area (Å²) in [6.07, 6.45) is 4.89. The van der Waals surface area contributed by atoms with Gasteiger partial charge in [-0.15, -0.1) is 0 Å². The van der Waals surface area contributed by atoms with Crippen molar-refractivity contribution in [3.05, 3.63) is 0 Å². The Hall–Kier alpha value is -0.220. The summed E-state index contributed by atoms with van der Waals surface area (Å²) in [7, 11) is 0. The van der Waals surface area contributed by atoms with Crippen LogP contribution in [0, 0.1) is 0 Å². The van der Waals surface area contributed by atoms with Gasteiger partial charge in [0.05, 0.1) is 6.42 Å². The van der Waals surface area contributed by atoms with Crippen LogP contribution in [0.1, 0.15) is 19.3 Å². The molecule has 0 spiro atoms. The van der Waals surface area contributed by atoms with Crippen molar-refractivity contribution in [2.45, 2.75) is 24.0 Å². The minimum atomic E-state index is -0.725. The van der Waals surface area contributed by atoms with Gasteiger partial charge in [0.25, 0.3) is 0 Å². The quantitative estimate of drug-likeness (QED) is 0.611. The predicted molar refractivity (Wildman–Crippen MR) is 50.6 cm³/mol. The van der Waals surface area contributed by atoms with Crippen LogP contribution in [-0.2, 0) is 4.79 Å². The van der Waals surface area contributed by atoms with E-state index < -0.39 is 5.97 Å². The van der Waals surface area contributed by atoms with Gasteiger partial charge in [-0.2, -0.15) is 11.8 Å². The van der Waals surface area contributed by atoms with Gasteiger partial charge in [-0.05, 0) is 19.1 Å². The molecule has 1 saturated carbocycles. The summed E-state index contributed by atoms with van der Waals surface area (Å²) in [5.41, 5.74) is 0. The maximum Gasteiger partial charge on any atom is 0.304 e. The predicted octanol–water partition coefficient (Wildman–Crippen LogP) is 0.946. The summed E-state index contributed by atoms with van der Waals surface area (Å²) in [6.45, 7) is 1.55. The topological polar surface area (TPSA) is 49.3 Å². The molecule has 0 aromatic carbocycles. The highest BCUT2D eigenvalue weighted by Gasteiger charge is 2.41. The molecule has 1 aliphatic rings. The Morgan fingerprint density at radius 3 is 2.75 bits per heavy atom. The molecule has 1 rings (SSSR count). The van der Waals surface area contributed by atoms with Gasteiger partial charge in [0.2, 0.25) is 0 Å². The van der Waals surface area contributed by atoms with E-state index in [-0.39, 0.29) is 6.42 Å². The first-order chi connectivity index (χ1) is 5.68. The fourth-order valence-corrected chi connectivity index (χ4v) is 1.86. The fraction of sp³-hybridized carbons (Fsp3) is 0.875. The number of thioether (sulfide) groups is 1. The molecular formula is C8H15NO2S. The van der Waals surface area contributed by atoms with E-state index in [1.54, 1.807) is 0 Å². The molecule has 0 aromatic heterocycles. The lowest BCUT2D eigenvalue weighted by Crippen LogP contribution is -2.27. The largest absolute Gasteiger partial charge is 0.481 e. The van der Waals surface area contributed by atoms with E-state index in [2.05, 4.69) is 11.6 Å². The minimum Gasteiger partial charge on any atom is -0.481 e. The third-order valence-electron chi connectivity index (χ3n) is 2.20. The second-order valence-corrected chi connectivity index (χ2v) is 4.48. The van der Waals surface area contributed by atoms with Crippen molar-refractivity contribution in [1.82, 2.24) is 5.32 Å². The molecule has 3 nitrogen and oxygen atoms in total. The average Bonchev–Trinajstić information content (AvgIpc) is 2.79. The molecule has 0 aliphatic heterocycles. The molecule has 0 bridgehead atoms. The Balaban J connectivity index is 1.99. The second-order valence-electron chi connectivity index (χ2n) is 3.21. The Labute approximate surface area is 76.9 Å². The van der Waals surface area contributed by atoms with Gasteiger partial charge in [0.15, 0.2) is 0 Å². The fourth-order valence-electron chi connectivity index (χ4n) is 1.10. The lowest BCUT2D eigenvalue weighted by molar-refractivity contribution is -0.136. The molecule has 2 N–H and O–H groups in total. The second kappa shape index (κ2) is 4.14. The Morgan fingerprint density at radius 1 is 1.67 bits per heavy atom. The standard InChI is InChI=1S/C8H15NO2S/c1-12-8(3-4-8)6-9-5-2-7(10)11/h9H,2-6H2,1H3,(H,10,11). The molecule has 4 heteroatoms. The monoisotopic (exact) mass is 189 g/mol. The van der Waals surface area contributed by atoms with Crippen LogP contribution in [0.25, 0.3) is 0 Å². The molecule has 0 heterocycles. The SMILES string of the molecule is CSC1(CNCCC(=O)O)CC1. The molecule has 0 aromatic rings. The molecule has 0 unspecified atom stereocenters. The maximum absolute atomic E-state index is 10.2. The molecule has 0 saturated heterocycles. The summed E-state index contributed by atoms with van der Waals surface area (Å²) < 4.78 is 0.443. The van der Waals surface area contributed by atoms with Gasteiger partial charge in [-0.25, -0.2) is 0 Å². The first-order valence-electron chi connectivity index (χ1n) is 4.16. The van der Waals surface area contributed by atoms with Gasteiger partial charge >= 0.3 is 5.97 Å². The van der Waals surface area contributed by atoms with E-state index in [0.29, 0.717) is 11.3 Å². The molecule has 70 valence electrons. The van der Waals surface area contributed by atoms with Crippen LogP contribution in [0.15, 0.2) is 0 Å². The van der Waals surface area contributed by atoms with Crippen LogP contribution >= 0.6 is 11.8 Å². The van der Waals surface area contributed by atoms with Crippen molar-refractivity contribution in [2.75, 3.05) is 19.3 Å². The van der Waals surface area contributed by atoms with Crippen molar-refractivity contribution in [3.63, 3.8) is 0 Å². The lowest BCUT2D eigenvalue weighted by atomic mass is 10.4. The van der Waals surface area contributed by atoms with Crippen LogP contribution in [0.4, 0.5) is 0 Å². The van der Waals surface area contributed by atoms with Crippen molar-refractivity contribution < 1.29 is 9.90 Å². The molecule has 12 heavy (non-hydrogen) atoms. The number of aliphatic carboxylic acids is 1.